The van der Waals surface area contributed by atoms with Gasteiger partial charge in [0.2, 0.25) is 0 Å². The SMILES string of the molecule is Nc1ccc(F)cc1NC1=NCCN1. The van der Waals surface area contributed by atoms with Gasteiger partial charge in [0.05, 0.1) is 17.9 Å². The van der Waals surface area contributed by atoms with E-state index in [1.54, 1.807) is 0 Å². The first-order chi connectivity index (χ1) is 6.75. The number of benzene rings is 1. The van der Waals surface area contributed by atoms with Crippen molar-refractivity contribution < 1.29 is 4.39 Å². The number of hydrogen-bond donors (Lipinski definition) is 3. The molecule has 1 aliphatic heterocycles. The predicted octanol–water partition coefficient (Wildman–Crippen LogP) is 0.779. The summed E-state index contributed by atoms with van der Waals surface area (Å²) in [4.78, 5) is 4.12. The first-order valence-electron chi connectivity index (χ1n) is 4.36. The summed E-state index contributed by atoms with van der Waals surface area (Å²) in [6.45, 7) is 1.54. The fraction of sp³-hybridized carbons (Fsp3) is 0.222. The van der Waals surface area contributed by atoms with Gasteiger partial charge in [-0.15, -0.1) is 0 Å². The van der Waals surface area contributed by atoms with Gasteiger partial charge in [0.25, 0.3) is 0 Å². The summed E-state index contributed by atoms with van der Waals surface area (Å²) >= 11 is 0. The van der Waals surface area contributed by atoms with Gasteiger partial charge in [0, 0.05) is 6.54 Å². The molecule has 2 rings (SSSR count). The Kier molecular flexibility index (Phi) is 2.22. The van der Waals surface area contributed by atoms with Crippen LogP contribution in [-0.2, 0) is 0 Å². The molecule has 0 amide bonds. The molecule has 4 N–H and O–H groups in total. The molecule has 1 aliphatic rings. The monoisotopic (exact) mass is 194 g/mol. The van der Waals surface area contributed by atoms with Crippen LogP contribution >= 0.6 is 0 Å². The van der Waals surface area contributed by atoms with Crippen molar-refractivity contribution in [2.75, 3.05) is 24.1 Å². The fourth-order valence-corrected chi connectivity index (χ4v) is 1.25. The van der Waals surface area contributed by atoms with E-state index >= 15 is 0 Å². The van der Waals surface area contributed by atoms with Crippen LogP contribution in [0.1, 0.15) is 0 Å². The average Bonchev–Trinajstić information content (AvgIpc) is 2.64. The van der Waals surface area contributed by atoms with E-state index in [1.807, 2.05) is 0 Å². The molecule has 1 aromatic rings. The van der Waals surface area contributed by atoms with E-state index in [0.717, 1.165) is 13.1 Å². The zero-order chi connectivity index (χ0) is 9.97. The van der Waals surface area contributed by atoms with E-state index in [-0.39, 0.29) is 5.82 Å². The smallest absolute Gasteiger partial charge is 0.195 e. The topological polar surface area (TPSA) is 62.4 Å². The lowest BCUT2D eigenvalue weighted by atomic mass is 10.2. The van der Waals surface area contributed by atoms with Crippen molar-refractivity contribution in [1.82, 2.24) is 5.32 Å². The molecule has 0 atom stereocenters. The Morgan fingerprint density at radius 3 is 3.07 bits per heavy atom. The molecule has 0 spiro atoms. The molecule has 74 valence electrons. The summed E-state index contributed by atoms with van der Waals surface area (Å²) < 4.78 is 12.9. The minimum Gasteiger partial charge on any atom is -0.397 e. The largest absolute Gasteiger partial charge is 0.397 e. The quantitative estimate of drug-likeness (QED) is 0.579. The van der Waals surface area contributed by atoms with Crippen molar-refractivity contribution in [2.24, 2.45) is 4.99 Å². The highest BCUT2D eigenvalue weighted by molar-refractivity contribution is 5.97. The number of nitrogen functional groups attached to an aromatic ring is 1. The molecule has 0 aliphatic carbocycles. The van der Waals surface area contributed by atoms with Crippen LogP contribution in [0.2, 0.25) is 0 Å². The molecule has 0 unspecified atom stereocenters. The molecule has 0 saturated carbocycles. The van der Waals surface area contributed by atoms with E-state index in [0.29, 0.717) is 17.3 Å². The number of anilines is 2. The number of nitrogens with two attached hydrogens (primary N) is 1. The van der Waals surface area contributed by atoms with Crippen LogP contribution in [0.3, 0.4) is 0 Å². The molecule has 4 nitrogen and oxygen atoms in total. The molecular weight excluding hydrogens is 183 g/mol. The summed E-state index contributed by atoms with van der Waals surface area (Å²) in [5, 5.41) is 5.94. The minimum absolute atomic E-state index is 0.319. The van der Waals surface area contributed by atoms with E-state index in [2.05, 4.69) is 15.6 Å². The highest BCUT2D eigenvalue weighted by Gasteiger charge is 2.07. The van der Waals surface area contributed by atoms with Crippen molar-refractivity contribution in [3.63, 3.8) is 0 Å². The van der Waals surface area contributed by atoms with Crippen LogP contribution in [0.5, 0.6) is 0 Å². The third-order valence-corrected chi connectivity index (χ3v) is 1.94. The van der Waals surface area contributed by atoms with Crippen molar-refractivity contribution in [3.8, 4) is 0 Å². The van der Waals surface area contributed by atoms with Gasteiger partial charge >= 0.3 is 0 Å². The highest BCUT2D eigenvalue weighted by Crippen LogP contribution is 2.19. The Balaban J connectivity index is 2.19. The van der Waals surface area contributed by atoms with Gasteiger partial charge in [0.1, 0.15) is 5.82 Å². The first-order valence-corrected chi connectivity index (χ1v) is 4.36. The fourth-order valence-electron chi connectivity index (χ4n) is 1.25. The van der Waals surface area contributed by atoms with Crippen molar-refractivity contribution in [2.45, 2.75) is 0 Å². The number of guanidine groups is 1. The number of aliphatic imine (C=N–C) groups is 1. The Morgan fingerprint density at radius 1 is 1.50 bits per heavy atom. The molecule has 0 aromatic heterocycles. The summed E-state index contributed by atoms with van der Waals surface area (Å²) in [6, 6.07) is 4.19. The number of rotatable bonds is 1. The summed E-state index contributed by atoms with van der Waals surface area (Å²) in [5.74, 6) is 0.322. The van der Waals surface area contributed by atoms with Gasteiger partial charge in [0.15, 0.2) is 5.96 Å². The molecule has 1 heterocycles. The number of hydrogen-bond acceptors (Lipinski definition) is 4. The maximum absolute atomic E-state index is 12.9. The van der Waals surface area contributed by atoms with Gasteiger partial charge < -0.3 is 16.4 Å². The standard InChI is InChI=1S/C9H11FN4/c10-6-1-2-7(11)8(5-6)14-9-12-3-4-13-9/h1-2,5H,3-4,11H2,(H2,12,13,14). The van der Waals surface area contributed by atoms with Crippen LogP contribution in [0.4, 0.5) is 15.8 Å². The summed E-state index contributed by atoms with van der Waals surface area (Å²) in [7, 11) is 0. The maximum Gasteiger partial charge on any atom is 0.195 e. The van der Waals surface area contributed by atoms with Crippen LogP contribution in [0.15, 0.2) is 23.2 Å². The Bertz CT molecular complexity index is 375. The van der Waals surface area contributed by atoms with Crippen molar-refractivity contribution >= 4 is 17.3 Å². The van der Waals surface area contributed by atoms with E-state index in [1.165, 1.54) is 18.2 Å². The molecular formula is C9H11FN4. The minimum atomic E-state index is -0.319. The zero-order valence-electron chi connectivity index (χ0n) is 7.55. The summed E-state index contributed by atoms with van der Waals surface area (Å²) in [5.41, 5.74) is 6.70. The molecule has 0 radical (unpaired) electrons. The zero-order valence-corrected chi connectivity index (χ0v) is 7.55. The van der Waals surface area contributed by atoms with Crippen LogP contribution in [0, 0.1) is 5.82 Å². The lowest BCUT2D eigenvalue weighted by Gasteiger charge is -2.08. The van der Waals surface area contributed by atoms with Crippen molar-refractivity contribution in [3.05, 3.63) is 24.0 Å². The second-order valence-electron chi connectivity index (χ2n) is 3.01. The molecule has 0 fully saturated rings. The van der Waals surface area contributed by atoms with E-state index < -0.39 is 0 Å². The van der Waals surface area contributed by atoms with E-state index in [9.17, 15) is 4.39 Å². The molecule has 0 bridgehead atoms. The van der Waals surface area contributed by atoms with Gasteiger partial charge in [-0.25, -0.2) is 4.39 Å². The lowest BCUT2D eigenvalue weighted by molar-refractivity contribution is 0.628. The van der Waals surface area contributed by atoms with Gasteiger partial charge in [-0.2, -0.15) is 0 Å². The third-order valence-electron chi connectivity index (χ3n) is 1.94. The molecule has 1 aromatic carbocycles. The van der Waals surface area contributed by atoms with Crippen molar-refractivity contribution in [1.29, 1.82) is 0 Å². The number of halogens is 1. The Labute approximate surface area is 81.0 Å². The van der Waals surface area contributed by atoms with E-state index in [4.69, 9.17) is 5.73 Å². The third kappa shape index (κ3) is 1.76. The average molecular weight is 194 g/mol. The Morgan fingerprint density at radius 2 is 2.36 bits per heavy atom. The number of nitrogens with zero attached hydrogens (tertiary/aromatic N) is 1. The molecule has 14 heavy (non-hydrogen) atoms. The lowest BCUT2D eigenvalue weighted by Crippen LogP contribution is -2.26. The highest BCUT2D eigenvalue weighted by atomic mass is 19.1. The normalized spacial score (nSPS) is 14.8. The van der Waals surface area contributed by atoms with Gasteiger partial charge in [-0.05, 0) is 18.2 Å². The van der Waals surface area contributed by atoms with Crippen LogP contribution in [-0.4, -0.2) is 19.0 Å². The van der Waals surface area contributed by atoms with Gasteiger partial charge in [-0.3, -0.25) is 4.99 Å². The summed E-state index contributed by atoms with van der Waals surface area (Å²) in [6.07, 6.45) is 0. The predicted molar refractivity (Wildman–Crippen MR) is 54.7 cm³/mol. The van der Waals surface area contributed by atoms with Gasteiger partial charge in [-0.1, -0.05) is 0 Å². The molecule has 5 heteroatoms. The second kappa shape index (κ2) is 3.53. The number of nitrogens with one attached hydrogen (secondary N) is 2. The maximum atomic E-state index is 12.9. The van der Waals surface area contributed by atoms with Crippen LogP contribution < -0.4 is 16.4 Å². The second-order valence-corrected chi connectivity index (χ2v) is 3.01. The van der Waals surface area contributed by atoms with Crippen LogP contribution in [0.25, 0.3) is 0 Å². The first kappa shape index (κ1) is 8.80. The Hall–Kier alpha value is -1.78. The molecule has 0 saturated heterocycles.